The predicted octanol–water partition coefficient (Wildman–Crippen LogP) is 2.32. The molecular weight excluding hydrogens is 318 g/mol. The van der Waals surface area contributed by atoms with Gasteiger partial charge in [-0.25, -0.2) is 4.79 Å². The second kappa shape index (κ2) is 6.86. The Balaban J connectivity index is 1.74. The average Bonchev–Trinajstić information content (AvgIpc) is 2.81. The quantitative estimate of drug-likeness (QED) is 0.824. The summed E-state index contributed by atoms with van der Waals surface area (Å²) in [5, 5.41) is 5.73. The van der Waals surface area contributed by atoms with E-state index in [1.165, 1.54) is 11.8 Å². The molecule has 25 heavy (non-hydrogen) atoms. The number of benzene rings is 1. The minimum Gasteiger partial charge on any atom is -0.352 e. The minimum absolute atomic E-state index is 0.0901. The lowest BCUT2D eigenvalue weighted by atomic mass is 9.73. The van der Waals surface area contributed by atoms with Crippen molar-refractivity contribution in [2.24, 2.45) is 5.92 Å². The number of hydrogen-bond acceptors (Lipinski definition) is 3. The summed E-state index contributed by atoms with van der Waals surface area (Å²) in [6.45, 7) is 4.22. The van der Waals surface area contributed by atoms with E-state index in [0.717, 1.165) is 36.8 Å². The Morgan fingerprint density at radius 3 is 2.80 bits per heavy atom. The third-order valence-electron chi connectivity index (χ3n) is 5.37. The molecule has 134 valence electrons. The van der Waals surface area contributed by atoms with Crippen LogP contribution < -0.4 is 10.6 Å². The summed E-state index contributed by atoms with van der Waals surface area (Å²) in [4.78, 5) is 37.8. The van der Waals surface area contributed by atoms with Crippen LogP contribution in [-0.2, 0) is 22.7 Å². The van der Waals surface area contributed by atoms with Gasteiger partial charge in [0.25, 0.3) is 5.91 Å². The summed E-state index contributed by atoms with van der Waals surface area (Å²) >= 11 is 0. The van der Waals surface area contributed by atoms with Gasteiger partial charge in [-0.3, -0.25) is 14.5 Å². The van der Waals surface area contributed by atoms with Gasteiger partial charge in [-0.05, 0) is 29.9 Å². The molecule has 1 aliphatic carbocycles. The zero-order chi connectivity index (χ0) is 18.0. The van der Waals surface area contributed by atoms with Gasteiger partial charge >= 0.3 is 6.03 Å². The van der Waals surface area contributed by atoms with Crippen LogP contribution in [0.5, 0.6) is 0 Å². The van der Waals surface area contributed by atoms with Crippen molar-refractivity contribution in [2.75, 3.05) is 0 Å². The van der Waals surface area contributed by atoms with Gasteiger partial charge in [-0.2, -0.15) is 0 Å². The van der Waals surface area contributed by atoms with Crippen LogP contribution in [0.2, 0.25) is 0 Å². The number of hydrogen-bond donors (Lipinski definition) is 2. The summed E-state index contributed by atoms with van der Waals surface area (Å²) in [5.74, 6) is -0.0292. The maximum atomic E-state index is 13.0. The van der Waals surface area contributed by atoms with E-state index in [4.69, 9.17) is 0 Å². The third-order valence-corrected chi connectivity index (χ3v) is 5.37. The van der Waals surface area contributed by atoms with E-state index in [2.05, 4.69) is 17.6 Å². The van der Waals surface area contributed by atoms with Crippen LogP contribution in [0.25, 0.3) is 0 Å². The fourth-order valence-corrected chi connectivity index (χ4v) is 3.89. The Morgan fingerprint density at radius 2 is 2.08 bits per heavy atom. The lowest BCUT2D eigenvalue weighted by Crippen LogP contribution is -2.53. The first-order chi connectivity index (χ1) is 11.9. The maximum absolute atomic E-state index is 13.0. The number of imide groups is 1. The minimum atomic E-state index is -0.719. The average molecular weight is 343 g/mol. The van der Waals surface area contributed by atoms with Crippen molar-refractivity contribution in [1.29, 1.82) is 0 Å². The highest BCUT2D eigenvalue weighted by Crippen LogP contribution is 2.38. The van der Waals surface area contributed by atoms with Crippen LogP contribution in [0.4, 0.5) is 4.79 Å². The van der Waals surface area contributed by atoms with E-state index in [1.54, 1.807) is 0 Å². The highest BCUT2D eigenvalue weighted by molar-refractivity contribution is 6.07. The summed E-state index contributed by atoms with van der Waals surface area (Å²) in [6, 6.07) is 7.31. The molecule has 6 heteroatoms. The van der Waals surface area contributed by atoms with Crippen molar-refractivity contribution >= 4 is 17.8 Å². The standard InChI is InChI=1S/C19H25N3O3/c1-13-6-3-4-9-19(13)17(24)22(18(25)21-19)12-16-8-5-7-15(10-16)11-20-14(2)23/h5,7-8,10,13H,3-4,6,9,11-12H2,1-2H3,(H,20,23)(H,21,25)/t13-,19-/m0/s1. The Morgan fingerprint density at radius 1 is 1.32 bits per heavy atom. The largest absolute Gasteiger partial charge is 0.352 e. The van der Waals surface area contributed by atoms with Crippen molar-refractivity contribution in [3.05, 3.63) is 35.4 Å². The van der Waals surface area contributed by atoms with Crippen LogP contribution in [-0.4, -0.2) is 28.3 Å². The monoisotopic (exact) mass is 343 g/mol. The molecule has 1 heterocycles. The van der Waals surface area contributed by atoms with E-state index in [-0.39, 0.29) is 30.3 Å². The summed E-state index contributed by atoms with van der Waals surface area (Å²) in [5.41, 5.74) is 1.11. The van der Waals surface area contributed by atoms with Gasteiger partial charge in [-0.1, -0.05) is 44.0 Å². The summed E-state index contributed by atoms with van der Waals surface area (Å²) in [7, 11) is 0. The van der Waals surface area contributed by atoms with Crippen LogP contribution >= 0.6 is 0 Å². The molecule has 0 radical (unpaired) electrons. The normalized spacial score (nSPS) is 26.0. The van der Waals surface area contributed by atoms with E-state index in [0.29, 0.717) is 6.54 Å². The number of amides is 4. The Kier molecular flexibility index (Phi) is 4.79. The zero-order valence-corrected chi connectivity index (χ0v) is 14.8. The molecule has 2 N–H and O–H groups in total. The summed E-state index contributed by atoms with van der Waals surface area (Å²) in [6.07, 6.45) is 3.76. The van der Waals surface area contributed by atoms with Gasteiger partial charge < -0.3 is 10.6 Å². The first kappa shape index (κ1) is 17.5. The van der Waals surface area contributed by atoms with Gasteiger partial charge in [0, 0.05) is 13.5 Å². The molecule has 1 aromatic rings. The van der Waals surface area contributed by atoms with E-state index >= 15 is 0 Å². The Labute approximate surface area is 148 Å². The number of nitrogens with one attached hydrogen (secondary N) is 2. The number of carbonyl (C=O) groups is 3. The first-order valence-electron chi connectivity index (χ1n) is 8.89. The van der Waals surface area contributed by atoms with Gasteiger partial charge in [-0.15, -0.1) is 0 Å². The highest BCUT2D eigenvalue weighted by Gasteiger charge is 2.54. The van der Waals surface area contributed by atoms with E-state index in [9.17, 15) is 14.4 Å². The topological polar surface area (TPSA) is 78.5 Å². The molecule has 2 aliphatic rings. The number of urea groups is 1. The molecule has 1 aliphatic heterocycles. The molecule has 2 fully saturated rings. The molecule has 1 aromatic carbocycles. The van der Waals surface area contributed by atoms with Crippen LogP contribution in [0.15, 0.2) is 24.3 Å². The second-order valence-electron chi connectivity index (χ2n) is 7.17. The molecular formula is C19H25N3O3. The fourth-order valence-electron chi connectivity index (χ4n) is 3.89. The van der Waals surface area contributed by atoms with E-state index < -0.39 is 5.54 Å². The molecule has 2 atom stereocenters. The number of nitrogens with zero attached hydrogens (tertiary/aromatic N) is 1. The third kappa shape index (κ3) is 3.38. The van der Waals surface area contributed by atoms with Crippen molar-refractivity contribution in [2.45, 2.75) is 58.2 Å². The van der Waals surface area contributed by atoms with Crippen LogP contribution in [0, 0.1) is 5.92 Å². The molecule has 0 aromatic heterocycles. The van der Waals surface area contributed by atoms with Crippen molar-refractivity contribution in [3.8, 4) is 0 Å². The van der Waals surface area contributed by atoms with Crippen molar-refractivity contribution in [3.63, 3.8) is 0 Å². The molecule has 1 saturated heterocycles. The Bertz CT molecular complexity index is 703. The van der Waals surface area contributed by atoms with Crippen molar-refractivity contribution in [1.82, 2.24) is 15.5 Å². The number of carbonyl (C=O) groups excluding carboxylic acids is 3. The maximum Gasteiger partial charge on any atom is 0.325 e. The molecule has 0 bridgehead atoms. The van der Waals surface area contributed by atoms with E-state index in [1.807, 2.05) is 24.3 Å². The van der Waals surface area contributed by atoms with Gasteiger partial charge in [0.05, 0.1) is 6.54 Å². The molecule has 1 saturated carbocycles. The van der Waals surface area contributed by atoms with Gasteiger partial charge in [0.2, 0.25) is 5.91 Å². The van der Waals surface area contributed by atoms with Crippen LogP contribution in [0.3, 0.4) is 0 Å². The molecule has 6 nitrogen and oxygen atoms in total. The van der Waals surface area contributed by atoms with Gasteiger partial charge in [0.1, 0.15) is 5.54 Å². The van der Waals surface area contributed by atoms with Crippen LogP contribution in [0.1, 0.15) is 50.7 Å². The number of rotatable bonds is 4. The highest BCUT2D eigenvalue weighted by atomic mass is 16.2. The lowest BCUT2D eigenvalue weighted by molar-refractivity contribution is -0.134. The Hall–Kier alpha value is -2.37. The SMILES string of the molecule is CC(=O)NCc1cccc(CN2C(=O)N[C@]3(CCCC[C@@H]3C)C2=O)c1. The fraction of sp³-hybridized carbons (Fsp3) is 0.526. The summed E-state index contributed by atoms with van der Waals surface area (Å²) < 4.78 is 0. The second-order valence-corrected chi connectivity index (χ2v) is 7.17. The smallest absolute Gasteiger partial charge is 0.325 e. The molecule has 1 spiro atoms. The lowest BCUT2D eigenvalue weighted by Gasteiger charge is -2.36. The predicted molar refractivity (Wildman–Crippen MR) is 93.4 cm³/mol. The first-order valence-corrected chi connectivity index (χ1v) is 8.89. The molecule has 4 amide bonds. The molecule has 0 unspecified atom stereocenters. The van der Waals surface area contributed by atoms with Gasteiger partial charge in [0.15, 0.2) is 0 Å². The van der Waals surface area contributed by atoms with Crippen molar-refractivity contribution < 1.29 is 14.4 Å². The zero-order valence-electron chi connectivity index (χ0n) is 14.8. The molecule has 3 rings (SSSR count).